The largest absolute Gasteiger partial charge is 0.448 e. The van der Waals surface area contributed by atoms with Crippen LogP contribution in [0.25, 0.3) is 11.0 Å². The Hall–Kier alpha value is -1.94. The lowest BCUT2D eigenvalue weighted by Crippen LogP contribution is -1.97. The van der Waals surface area contributed by atoms with E-state index < -0.39 is 0 Å². The van der Waals surface area contributed by atoms with Crippen LogP contribution >= 0.6 is 11.6 Å². The van der Waals surface area contributed by atoms with Crippen molar-refractivity contribution in [1.29, 1.82) is 0 Å². The van der Waals surface area contributed by atoms with Crippen LogP contribution in [0.3, 0.4) is 0 Å². The second-order valence-electron chi connectivity index (χ2n) is 4.11. The van der Waals surface area contributed by atoms with Gasteiger partial charge in [-0.3, -0.25) is 0 Å². The van der Waals surface area contributed by atoms with Crippen molar-refractivity contribution < 1.29 is 4.42 Å². The number of aryl methyl sites for hydroxylation is 1. The van der Waals surface area contributed by atoms with Gasteiger partial charge in [0.15, 0.2) is 5.22 Å². The molecular weight excluding hydrogens is 250 g/mol. The van der Waals surface area contributed by atoms with E-state index in [0.29, 0.717) is 11.8 Å². The highest BCUT2D eigenvalue weighted by atomic mass is 35.5. The Kier molecular flexibility index (Phi) is 2.72. The van der Waals surface area contributed by atoms with E-state index in [1.54, 1.807) is 6.07 Å². The number of aromatic nitrogens is 2. The van der Waals surface area contributed by atoms with Crippen molar-refractivity contribution in [2.24, 2.45) is 0 Å². The molecule has 18 heavy (non-hydrogen) atoms. The third-order valence-electron chi connectivity index (χ3n) is 2.70. The number of fused-ring (bicyclic) bond motifs is 1. The highest BCUT2D eigenvalue weighted by Gasteiger charge is 2.02. The van der Waals surface area contributed by atoms with Crippen LogP contribution in [0.4, 0.5) is 5.69 Å². The van der Waals surface area contributed by atoms with Gasteiger partial charge < -0.3 is 14.7 Å². The zero-order chi connectivity index (χ0) is 12.5. The third-order valence-corrected chi connectivity index (χ3v) is 2.90. The second kappa shape index (κ2) is 4.38. The van der Waals surface area contributed by atoms with Crippen LogP contribution in [0.2, 0.25) is 5.22 Å². The maximum Gasteiger partial charge on any atom is 0.193 e. The van der Waals surface area contributed by atoms with Crippen LogP contribution in [-0.2, 0) is 6.54 Å². The molecule has 0 aliphatic carbocycles. The van der Waals surface area contributed by atoms with Crippen molar-refractivity contribution in [1.82, 2.24) is 9.97 Å². The summed E-state index contributed by atoms with van der Waals surface area (Å²) in [6, 6.07) is 9.59. The first-order valence-corrected chi connectivity index (χ1v) is 6.03. The minimum atomic E-state index is 0.409. The van der Waals surface area contributed by atoms with Gasteiger partial charge in [0.1, 0.15) is 11.6 Å². The summed E-state index contributed by atoms with van der Waals surface area (Å²) in [5, 5.41) is 3.68. The summed E-state index contributed by atoms with van der Waals surface area (Å²) < 4.78 is 5.28. The number of imidazole rings is 1. The Morgan fingerprint density at radius 1 is 1.33 bits per heavy atom. The van der Waals surface area contributed by atoms with Gasteiger partial charge in [0.05, 0.1) is 17.6 Å². The van der Waals surface area contributed by atoms with Crippen LogP contribution in [-0.4, -0.2) is 9.97 Å². The molecule has 92 valence electrons. The number of rotatable bonds is 3. The van der Waals surface area contributed by atoms with E-state index in [-0.39, 0.29) is 0 Å². The topological polar surface area (TPSA) is 53.9 Å². The Morgan fingerprint density at radius 2 is 2.22 bits per heavy atom. The van der Waals surface area contributed by atoms with E-state index in [4.69, 9.17) is 16.0 Å². The van der Waals surface area contributed by atoms with E-state index in [0.717, 1.165) is 28.3 Å². The summed E-state index contributed by atoms with van der Waals surface area (Å²) >= 11 is 5.72. The van der Waals surface area contributed by atoms with Crippen molar-refractivity contribution >= 4 is 28.3 Å². The first kappa shape index (κ1) is 11.2. The van der Waals surface area contributed by atoms with Gasteiger partial charge >= 0.3 is 0 Å². The Balaban J connectivity index is 1.78. The maximum absolute atomic E-state index is 5.72. The summed E-state index contributed by atoms with van der Waals surface area (Å²) in [4.78, 5) is 7.56. The van der Waals surface area contributed by atoms with E-state index in [1.165, 1.54) is 0 Å². The molecule has 0 saturated carbocycles. The lowest BCUT2D eigenvalue weighted by Gasteiger charge is -2.03. The monoisotopic (exact) mass is 261 g/mol. The normalized spacial score (nSPS) is 11.0. The maximum atomic E-state index is 5.72. The fourth-order valence-electron chi connectivity index (χ4n) is 1.88. The lowest BCUT2D eigenvalue weighted by molar-refractivity contribution is 0.520. The Morgan fingerprint density at radius 3 is 3.00 bits per heavy atom. The Bertz CT molecular complexity index is 686. The molecule has 2 N–H and O–H groups in total. The number of H-pyrrole nitrogens is 1. The van der Waals surface area contributed by atoms with Gasteiger partial charge in [0.25, 0.3) is 0 Å². The van der Waals surface area contributed by atoms with E-state index >= 15 is 0 Å². The molecule has 0 radical (unpaired) electrons. The van der Waals surface area contributed by atoms with Crippen LogP contribution in [0.5, 0.6) is 0 Å². The van der Waals surface area contributed by atoms with Crippen molar-refractivity contribution in [2.75, 3.05) is 5.32 Å². The molecule has 0 spiro atoms. The molecule has 0 fully saturated rings. The smallest absolute Gasteiger partial charge is 0.193 e. The minimum Gasteiger partial charge on any atom is -0.448 e. The number of anilines is 1. The van der Waals surface area contributed by atoms with Crippen molar-refractivity contribution in [3.8, 4) is 0 Å². The molecule has 0 atom stereocenters. The van der Waals surface area contributed by atoms with Crippen molar-refractivity contribution in [3.63, 3.8) is 0 Å². The second-order valence-corrected chi connectivity index (χ2v) is 4.49. The average Bonchev–Trinajstić information content (AvgIpc) is 2.90. The number of halogens is 1. The van der Waals surface area contributed by atoms with Crippen LogP contribution in [0, 0.1) is 6.92 Å². The van der Waals surface area contributed by atoms with Gasteiger partial charge in [0.2, 0.25) is 0 Å². The van der Waals surface area contributed by atoms with Crippen LogP contribution < -0.4 is 5.32 Å². The number of nitrogens with zero attached hydrogens (tertiary/aromatic N) is 1. The van der Waals surface area contributed by atoms with E-state index in [1.807, 2.05) is 31.2 Å². The van der Waals surface area contributed by atoms with Crippen molar-refractivity contribution in [3.05, 3.63) is 47.1 Å². The molecule has 0 saturated heterocycles. The number of benzene rings is 1. The minimum absolute atomic E-state index is 0.409. The number of hydrogen-bond donors (Lipinski definition) is 2. The molecule has 3 aromatic rings. The molecular formula is C13H12ClN3O. The van der Waals surface area contributed by atoms with Gasteiger partial charge in [-0.15, -0.1) is 0 Å². The quantitative estimate of drug-likeness (QED) is 0.755. The highest BCUT2D eigenvalue weighted by Crippen LogP contribution is 2.19. The van der Waals surface area contributed by atoms with Gasteiger partial charge in [-0.05, 0) is 48.9 Å². The molecule has 2 heterocycles. The summed E-state index contributed by atoms with van der Waals surface area (Å²) in [6.07, 6.45) is 0. The predicted octanol–water partition coefficient (Wildman–Crippen LogP) is 3.73. The summed E-state index contributed by atoms with van der Waals surface area (Å²) in [5.74, 6) is 1.72. The Labute approximate surface area is 109 Å². The molecule has 2 aromatic heterocycles. The summed E-state index contributed by atoms with van der Waals surface area (Å²) in [5.41, 5.74) is 3.01. The molecule has 0 unspecified atom stereocenters. The van der Waals surface area contributed by atoms with Gasteiger partial charge in [-0.1, -0.05) is 0 Å². The molecule has 3 rings (SSSR count). The summed E-state index contributed by atoms with van der Waals surface area (Å²) in [6.45, 7) is 2.54. The molecule has 5 heteroatoms. The standard InChI is InChI=1S/C13H12ClN3O/c1-8-16-11-4-2-9(6-12(11)17-8)15-7-10-3-5-13(14)18-10/h2-6,15H,7H2,1H3,(H,16,17). The fourth-order valence-corrected chi connectivity index (χ4v) is 2.05. The zero-order valence-corrected chi connectivity index (χ0v) is 10.6. The van der Waals surface area contributed by atoms with Gasteiger partial charge in [-0.25, -0.2) is 4.98 Å². The number of nitrogens with one attached hydrogen (secondary N) is 2. The molecule has 0 aliphatic heterocycles. The SMILES string of the molecule is Cc1nc2ccc(NCc3ccc(Cl)o3)cc2[nH]1. The molecule has 4 nitrogen and oxygen atoms in total. The third kappa shape index (κ3) is 2.19. The molecule has 0 aliphatic rings. The van der Waals surface area contributed by atoms with Gasteiger partial charge in [-0.2, -0.15) is 0 Å². The molecule has 0 bridgehead atoms. The fraction of sp³-hybridized carbons (Fsp3) is 0.154. The first-order valence-electron chi connectivity index (χ1n) is 5.65. The molecule has 1 aromatic carbocycles. The van der Waals surface area contributed by atoms with E-state index in [9.17, 15) is 0 Å². The average molecular weight is 262 g/mol. The van der Waals surface area contributed by atoms with Crippen LogP contribution in [0.1, 0.15) is 11.6 Å². The number of furan rings is 1. The van der Waals surface area contributed by atoms with Gasteiger partial charge in [0, 0.05) is 5.69 Å². The summed E-state index contributed by atoms with van der Waals surface area (Å²) in [7, 11) is 0. The highest BCUT2D eigenvalue weighted by molar-refractivity contribution is 6.28. The number of aromatic amines is 1. The predicted molar refractivity (Wildman–Crippen MR) is 71.9 cm³/mol. The van der Waals surface area contributed by atoms with Crippen LogP contribution in [0.15, 0.2) is 34.7 Å². The van der Waals surface area contributed by atoms with Crippen molar-refractivity contribution in [2.45, 2.75) is 13.5 Å². The molecule has 0 amide bonds. The first-order chi connectivity index (χ1) is 8.70. The number of hydrogen-bond acceptors (Lipinski definition) is 3. The zero-order valence-electron chi connectivity index (χ0n) is 9.83. The lowest BCUT2D eigenvalue weighted by atomic mass is 10.2. The van der Waals surface area contributed by atoms with E-state index in [2.05, 4.69) is 15.3 Å².